The van der Waals surface area contributed by atoms with E-state index in [1.165, 1.54) is 12.8 Å². The van der Waals surface area contributed by atoms with E-state index in [0.717, 1.165) is 12.8 Å². The van der Waals surface area contributed by atoms with Crippen LogP contribution in [-0.4, -0.2) is 4.87 Å². The molecule has 1 fully saturated rings. The van der Waals surface area contributed by atoms with Gasteiger partial charge in [-0.05, 0) is 19.8 Å². The zero-order chi connectivity index (χ0) is 6.74. The van der Waals surface area contributed by atoms with Crippen molar-refractivity contribution in [1.82, 2.24) is 0 Å². The molecule has 0 aliphatic heterocycles. The number of rotatable bonds is 0. The first-order valence-electron chi connectivity index (χ1n) is 3.40. The number of halogens is 1. The minimum atomic E-state index is -0.144. The van der Waals surface area contributed by atoms with Gasteiger partial charge in [0.2, 0.25) is 0 Å². The maximum Gasteiger partial charge on any atom is 0.105 e. The van der Waals surface area contributed by atoms with Gasteiger partial charge in [-0.25, -0.2) is 0 Å². The summed E-state index contributed by atoms with van der Waals surface area (Å²) in [6.07, 6.45) is 4.65. The molecule has 0 heterocycles. The zero-order valence-corrected chi connectivity index (χ0v) is 6.46. The maximum atomic E-state index is 6.10. The van der Waals surface area contributed by atoms with Crippen LogP contribution in [0.3, 0.4) is 0 Å². The molecule has 0 aromatic carbocycles. The van der Waals surface area contributed by atoms with Crippen molar-refractivity contribution in [3.63, 3.8) is 0 Å². The largest absolute Gasteiger partial charge is 0.105 e. The Morgan fingerprint density at radius 2 is 1.89 bits per heavy atom. The monoisotopic (exact) mass is 142 g/mol. The molecule has 0 radical (unpaired) electrons. The van der Waals surface area contributed by atoms with E-state index in [9.17, 15) is 0 Å². The fourth-order valence-corrected chi connectivity index (χ4v) is 1.65. The SMILES string of the molecule is CC#CC1(Cl)CCCC1. The third-order valence-corrected chi connectivity index (χ3v) is 2.22. The number of hydrogen-bond donors (Lipinski definition) is 0. The van der Waals surface area contributed by atoms with Crippen LogP contribution in [0.4, 0.5) is 0 Å². The predicted molar refractivity (Wildman–Crippen MR) is 40.5 cm³/mol. The van der Waals surface area contributed by atoms with Gasteiger partial charge in [-0.3, -0.25) is 0 Å². The lowest BCUT2D eigenvalue weighted by Gasteiger charge is -2.10. The van der Waals surface area contributed by atoms with E-state index in [1.54, 1.807) is 0 Å². The van der Waals surface area contributed by atoms with Crippen LogP contribution in [0, 0.1) is 11.8 Å². The van der Waals surface area contributed by atoms with E-state index in [-0.39, 0.29) is 4.87 Å². The Bertz CT molecular complexity index is 144. The molecule has 9 heavy (non-hydrogen) atoms. The van der Waals surface area contributed by atoms with Crippen molar-refractivity contribution in [2.24, 2.45) is 0 Å². The van der Waals surface area contributed by atoms with Crippen LogP contribution in [-0.2, 0) is 0 Å². The van der Waals surface area contributed by atoms with Crippen molar-refractivity contribution in [3.05, 3.63) is 0 Å². The fourth-order valence-electron chi connectivity index (χ4n) is 1.28. The Morgan fingerprint density at radius 1 is 1.33 bits per heavy atom. The van der Waals surface area contributed by atoms with Gasteiger partial charge < -0.3 is 0 Å². The van der Waals surface area contributed by atoms with E-state index in [4.69, 9.17) is 11.6 Å². The molecule has 50 valence electrons. The first-order valence-corrected chi connectivity index (χ1v) is 3.77. The highest BCUT2D eigenvalue weighted by molar-refractivity contribution is 6.26. The highest BCUT2D eigenvalue weighted by Crippen LogP contribution is 2.34. The zero-order valence-electron chi connectivity index (χ0n) is 5.71. The van der Waals surface area contributed by atoms with Crippen molar-refractivity contribution in [3.8, 4) is 11.8 Å². The minimum Gasteiger partial charge on any atom is -0.105 e. The van der Waals surface area contributed by atoms with E-state index >= 15 is 0 Å². The highest BCUT2D eigenvalue weighted by atomic mass is 35.5. The summed E-state index contributed by atoms with van der Waals surface area (Å²) in [5.41, 5.74) is 0. The van der Waals surface area contributed by atoms with Crippen molar-refractivity contribution >= 4 is 11.6 Å². The van der Waals surface area contributed by atoms with Gasteiger partial charge in [-0.1, -0.05) is 18.8 Å². The lowest BCUT2D eigenvalue weighted by atomic mass is 10.1. The first kappa shape index (κ1) is 6.96. The Balaban J connectivity index is 2.58. The highest BCUT2D eigenvalue weighted by Gasteiger charge is 2.28. The number of hydrogen-bond acceptors (Lipinski definition) is 0. The summed E-state index contributed by atoms with van der Waals surface area (Å²) in [6.45, 7) is 1.85. The van der Waals surface area contributed by atoms with Crippen LogP contribution in [0.2, 0.25) is 0 Å². The lowest BCUT2D eigenvalue weighted by molar-refractivity contribution is 0.757. The Labute approximate surface area is 61.6 Å². The summed E-state index contributed by atoms with van der Waals surface area (Å²) in [4.78, 5) is -0.144. The van der Waals surface area contributed by atoms with Gasteiger partial charge in [-0.15, -0.1) is 17.5 Å². The number of alkyl halides is 1. The molecule has 0 saturated heterocycles. The molecule has 0 aromatic heterocycles. The van der Waals surface area contributed by atoms with E-state index < -0.39 is 0 Å². The smallest absolute Gasteiger partial charge is 0.105 e. The van der Waals surface area contributed by atoms with Gasteiger partial charge in [-0.2, -0.15) is 0 Å². The van der Waals surface area contributed by atoms with Gasteiger partial charge in [0.1, 0.15) is 4.87 Å². The van der Waals surface area contributed by atoms with Gasteiger partial charge >= 0.3 is 0 Å². The van der Waals surface area contributed by atoms with Crippen LogP contribution in [0.1, 0.15) is 32.6 Å². The Hall–Kier alpha value is -0.150. The van der Waals surface area contributed by atoms with E-state index in [1.807, 2.05) is 6.92 Å². The summed E-state index contributed by atoms with van der Waals surface area (Å²) in [7, 11) is 0. The van der Waals surface area contributed by atoms with Crippen LogP contribution in [0.15, 0.2) is 0 Å². The third-order valence-electron chi connectivity index (χ3n) is 1.75. The summed E-state index contributed by atoms with van der Waals surface area (Å²) in [6, 6.07) is 0. The second-order valence-electron chi connectivity index (χ2n) is 2.55. The second kappa shape index (κ2) is 2.62. The van der Waals surface area contributed by atoms with E-state index in [0.29, 0.717) is 0 Å². The summed E-state index contributed by atoms with van der Waals surface area (Å²) < 4.78 is 0. The average molecular weight is 143 g/mol. The van der Waals surface area contributed by atoms with E-state index in [2.05, 4.69) is 11.8 Å². The third kappa shape index (κ3) is 1.63. The first-order chi connectivity index (χ1) is 4.27. The van der Waals surface area contributed by atoms with Crippen LogP contribution in [0.25, 0.3) is 0 Å². The maximum absolute atomic E-state index is 6.10. The molecule has 1 heteroatoms. The standard InChI is InChI=1S/C8H11Cl/c1-2-5-8(9)6-3-4-7-8/h3-4,6-7H2,1H3. The molecule has 1 aliphatic carbocycles. The van der Waals surface area contributed by atoms with Crippen molar-refractivity contribution in [2.75, 3.05) is 0 Å². The normalized spacial score (nSPS) is 22.9. The molecule has 0 spiro atoms. The quantitative estimate of drug-likeness (QED) is 0.360. The molecular weight excluding hydrogens is 132 g/mol. The fraction of sp³-hybridized carbons (Fsp3) is 0.750. The molecule has 0 unspecified atom stereocenters. The molecule has 1 aliphatic rings. The molecule has 1 rings (SSSR count). The van der Waals surface area contributed by atoms with Gasteiger partial charge in [0.15, 0.2) is 0 Å². The minimum absolute atomic E-state index is 0.144. The van der Waals surface area contributed by atoms with Crippen molar-refractivity contribution < 1.29 is 0 Å². The molecular formula is C8H11Cl. The molecule has 0 aromatic rings. The topological polar surface area (TPSA) is 0 Å². The van der Waals surface area contributed by atoms with Gasteiger partial charge in [0.25, 0.3) is 0 Å². The van der Waals surface area contributed by atoms with Crippen LogP contribution >= 0.6 is 11.6 Å². The summed E-state index contributed by atoms with van der Waals surface area (Å²) in [5.74, 6) is 5.90. The summed E-state index contributed by atoms with van der Waals surface area (Å²) in [5, 5.41) is 0. The lowest BCUT2D eigenvalue weighted by Crippen LogP contribution is -2.11. The summed E-state index contributed by atoms with van der Waals surface area (Å²) >= 11 is 6.10. The average Bonchev–Trinajstić information content (AvgIpc) is 2.16. The molecule has 0 nitrogen and oxygen atoms in total. The van der Waals surface area contributed by atoms with Crippen molar-refractivity contribution in [2.45, 2.75) is 37.5 Å². The Morgan fingerprint density at radius 3 is 2.33 bits per heavy atom. The second-order valence-corrected chi connectivity index (χ2v) is 3.27. The molecule has 0 atom stereocenters. The van der Waals surface area contributed by atoms with Gasteiger partial charge in [0, 0.05) is 0 Å². The van der Waals surface area contributed by atoms with Crippen LogP contribution in [0.5, 0.6) is 0 Å². The van der Waals surface area contributed by atoms with Crippen LogP contribution < -0.4 is 0 Å². The van der Waals surface area contributed by atoms with Gasteiger partial charge in [0.05, 0.1) is 0 Å². The molecule has 1 saturated carbocycles. The molecule has 0 amide bonds. The van der Waals surface area contributed by atoms with Crippen molar-refractivity contribution in [1.29, 1.82) is 0 Å². The Kier molecular flexibility index (Phi) is 2.03. The molecule has 0 N–H and O–H groups in total. The predicted octanol–water partition coefficient (Wildman–Crippen LogP) is 2.56. The molecule has 0 bridgehead atoms.